The van der Waals surface area contributed by atoms with Gasteiger partial charge >= 0.3 is 18.2 Å². The number of hydrogen-bond donors (Lipinski definition) is 2. The Morgan fingerprint density at radius 2 is 1.69 bits per heavy atom. The monoisotopic (exact) mass is 519 g/mol. The maximum absolute atomic E-state index is 12.7. The fourth-order valence-electron chi connectivity index (χ4n) is 3.95. The highest BCUT2D eigenvalue weighted by atomic mass is 32.1. The van der Waals surface area contributed by atoms with E-state index >= 15 is 0 Å². The van der Waals surface area contributed by atoms with Crippen molar-refractivity contribution in [1.29, 1.82) is 0 Å². The van der Waals surface area contributed by atoms with Crippen LogP contribution in [0.2, 0.25) is 0 Å². The van der Waals surface area contributed by atoms with Gasteiger partial charge in [0.25, 0.3) is 0 Å². The van der Waals surface area contributed by atoms with Gasteiger partial charge in [-0.05, 0) is 67.4 Å². The molecule has 36 heavy (non-hydrogen) atoms. The van der Waals surface area contributed by atoms with E-state index < -0.39 is 29.4 Å². The first kappa shape index (κ1) is 27.7. The molecule has 0 bridgehead atoms. The average molecular weight is 520 g/mol. The van der Waals surface area contributed by atoms with Crippen LogP contribution in [0.5, 0.6) is 0 Å². The summed E-state index contributed by atoms with van der Waals surface area (Å²) in [6.45, 7) is 14.8. The Bertz CT molecular complexity index is 1060. The van der Waals surface area contributed by atoms with Gasteiger partial charge in [-0.25, -0.2) is 14.4 Å². The lowest BCUT2D eigenvalue weighted by Crippen LogP contribution is -2.65. The SMILES string of the molecule is CC(C)(C)C#Cc1cc(NC2CCN(C(=O)OC3(C)CN(C(=O)OC(C)(C)C)C3)CC2)c(C(=O)O)s1. The molecule has 1 aromatic rings. The fourth-order valence-corrected chi connectivity index (χ4v) is 4.76. The van der Waals surface area contributed by atoms with Gasteiger partial charge in [0.1, 0.15) is 16.1 Å². The zero-order valence-electron chi connectivity index (χ0n) is 22.2. The number of hydrogen-bond acceptors (Lipinski definition) is 7. The minimum atomic E-state index is -0.985. The van der Waals surface area contributed by atoms with E-state index in [0.29, 0.717) is 49.6 Å². The topological polar surface area (TPSA) is 108 Å². The van der Waals surface area contributed by atoms with Crippen LogP contribution in [0.25, 0.3) is 0 Å². The van der Waals surface area contributed by atoms with E-state index in [1.54, 1.807) is 11.0 Å². The lowest BCUT2D eigenvalue weighted by atomic mass is 9.97. The van der Waals surface area contributed by atoms with Gasteiger partial charge in [-0.2, -0.15) is 0 Å². The van der Waals surface area contributed by atoms with Gasteiger partial charge in [-0.15, -0.1) is 11.3 Å². The van der Waals surface area contributed by atoms with E-state index in [1.807, 2.05) is 48.5 Å². The van der Waals surface area contributed by atoms with E-state index in [0.717, 1.165) is 0 Å². The van der Waals surface area contributed by atoms with Crippen LogP contribution in [-0.4, -0.2) is 76.5 Å². The van der Waals surface area contributed by atoms with Gasteiger partial charge in [0.15, 0.2) is 0 Å². The largest absolute Gasteiger partial charge is 0.477 e. The molecule has 1 aromatic heterocycles. The van der Waals surface area contributed by atoms with E-state index in [1.165, 1.54) is 16.2 Å². The van der Waals surface area contributed by atoms with Crippen LogP contribution in [0.3, 0.4) is 0 Å². The number of carboxylic acids is 1. The van der Waals surface area contributed by atoms with Crippen LogP contribution in [0, 0.1) is 17.3 Å². The molecule has 2 saturated heterocycles. The smallest absolute Gasteiger partial charge is 0.410 e. The third kappa shape index (κ3) is 7.53. The molecular weight excluding hydrogens is 482 g/mol. The lowest BCUT2D eigenvalue weighted by molar-refractivity contribution is -0.100. The third-order valence-corrected chi connectivity index (χ3v) is 6.67. The van der Waals surface area contributed by atoms with Crippen molar-refractivity contribution in [3.63, 3.8) is 0 Å². The molecule has 9 nitrogen and oxygen atoms in total. The molecular formula is C26H37N3O6S. The summed E-state index contributed by atoms with van der Waals surface area (Å²) in [5.74, 6) is 5.23. The summed E-state index contributed by atoms with van der Waals surface area (Å²) < 4.78 is 11.1. The Labute approximate surface area is 217 Å². The molecule has 10 heteroatoms. The molecule has 198 valence electrons. The molecule has 0 aliphatic carbocycles. The summed E-state index contributed by atoms with van der Waals surface area (Å²) in [6, 6.07) is 1.83. The van der Waals surface area contributed by atoms with Gasteiger partial charge in [0, 0.05) is 24.5 Å². The van der Waals surface area contributed by atoms with Crippen molar-refractivity contribution in [2.24, 2.45) is 5.41 Å². The predicted octanol–water partition coefficient (Wildman–Crippen LogP) is 4.87. The van der Waals surface area contributed by atoms with Crippen LogP contribution in [0.15, 0.2) is 6.07 Å². The van der Waals surface area contributed by atoms with Crippen LogP contribution in [-0.2, 0) is 9.47 Å². The first-order valence-electron chi connectivity index (χ1n) is 12.2. The molecule has 0 spiro atoms. The maximum Gasteiger partial charge on any atom is 0.410 e. The molecule has 2 amide bonds. The Balaban J connectivity index is 1.50. The van der Waals surface area contributed by atoms with Crippen molar-refractivity contribution < 1.29 is 29.0 Å². The van der Waals surface area contributed by atoms with Gasteiger partial charge < -0.3 is 29.7 Å². The van der Waals surface area contributed by atoms with Crippen LogP contribution in [0.1, 0.15) is 75.9 Å². The van der Waals surface area contributed by atoms with Gasteiger partial charge in [-0.3, -0.25) is 0 Å². The summed E-state index contributed by atoms with van der Waals surface area (Å²) in [5.41, 5.74) is -0.919. The van der Waals surface area contributed by atoms with Crippen molar-refractivity contribution in [3.05, 3.63) is 15.8 Å². The van der Waals surface area contributed by atoms with Gasteiger partial charge in [0.05, 0.1) is 23.7 Å². The number of nitrogens with one attached hydrogen (secondary N) is 1. The van der Waals surface area contributed by atoms with Crippen molar-refractivity contribution >= 4 is 35.2 Å². The third-order valence-electron chi connectivity index (χ3n) is 5.64. The minimum Gasteiger partial charge on any atom is -0.477 e. The summed E-state index contributed by atoms with van der Waals surface area (Å²) in [4.78, 5) is 40.8. The summed E-state index contributed by atoms with van der Waals surface area (Å²) in [5, 5.41) is 13.0. The molecule has 3 heterocycles. The molecule has 2 aliphatic heterocycles. The van der Waals surface area contributed by atoms with Crippen molar-refractivity contribution in [1.82, 2.24) is 9.80 Å². The number of carbonyl (C=O) groups is 3. The number of carbonyl (C=O) groups excluding carboxylic acids is 2. The summed E-state index contributed by atoms with van der Waals surface area (Å²) in [6.07, 6.45) is 0.507. The van der Waals surface area contributed by atoms with Crippen LogP contribution >= 0.6 is 11.3 Å². The second-order valence-corrected chi connectivity index (χ2v) is 12.8. The lowest BCUT2D eigenvalue weighted by Gasteiger charge is -2.47. The number of piperidine rings is 1. The van der Waals surface area contributed by atoms with E-state index in [9.17, 15) is 19.5 Å². The molecule has 0 unspecified atom stereocenters. The fraction of sp³-hybridized carbons (Fsp3) is 0.654. The molecule has 0 atom stereocenters. The number of likely N-dealkylation sites (tertiary alicyclic amines) is 2. The molecule has 2 fully saturated rings. The second-order valence-electron chi connectivity index (χ2n) is 11.7. The van der Waals surface area contributed by atoms with Gasteiger partial charge in [0.2, 0.25) is 0 Å². The maximum atomic E-state index is 12.7. The normalized spacial score (nSPS) is 18.0. The van der Waals surface area contributed by atoms with Crippen molar-refractivity contribution in [3.8, 4) is 11.8 Å². The number of carboxylic acid groups (broad SMARTS) is 1. The molecule has 2 N–H and O–H groups in total. The van der Waals surface area contributed by atoms with E-state index in [-0.39, 0.29) is 16.3 Å². The highest BCUT2D eigenvalue weighted by molar-refractivity contribution is 7.15. The molecule has 2 aliphatic rings. The standard InChI is InChI=1S/C26H37N3O6S/c1-24(2,3)11-8-18-14-19(20(36-18)21(30)31)27-17-9-12-28(13-10-17)22(32)35-26(7)15-29(16-26)23(33)34-25(4,5)6/h14,17,27H,9-10,12-13,15-16H2,1-7H3,(H,30,31). The number of amides is 2. The first-order valence-corrected chi connectivity index (χ1v) is 13.0. The zero-order chi connectivity index (χ0) is 26.9. The highest BCUT2D eigenvalue weighted by Crippen LogP contribution is 2.31. The Hall–Kier alpha value is -2.93. The van der Waals surface area contributed by atoms with E-state index in [2.05, 4.69) is 17.2 Å². The number of thiophene rings is 1. The quantitative estimate of drug-likeness (QED) is 0.547. The molecule has 0 saturated carbocycles. The molecule has 3 rings (SSSR count). The van der Waals surface area contributed by atoms with Crippen molar-refractivity contribution in [2.75, 3.05) is 31.5 Å². The molecule has 0 radical (unpaired) electrons. The zero-order valence-corrected chi connectivity index (χ0v) is 23.0. The van der Waals surface area contributed by atoms with Crippen LogP contribution in [0.4, 0.5) is 15.3 Å². The number of nitrogens with zero attached hydrogens (tertiary/aromatic N) is 2. The number of ether oxygens (including phenoxy) is 2. The Kier molecular flexibility index (Phi) is 7.84. The number of rotatable bonds is 4. The second kappa shape index (κ2) is 10.2. The van der Waals surface area contributed by atoms with Crippen molar-refractivity contribution in [2.45, 2.75) is 78.6 Å². The predicted molar refractivity (Wildman–Crippen MR) is 139 cm³/mol. The average Bonchev–Trinajstić information content (AvgIpc) is 3.12. The number of aromatic carboxylic acids is 1. The Morgan fingerprint density at radius 3 is 2.22 bits per heavy atom. The highest BCUT2D eigenvalue weighted by Gasteiger charge is 2.47. The van der Waals surface area contributed by atoms with E-state index in [4.69, 9.17) is 9.47 Å². The summed E-state index contributed by atoms with van der Waals surface area (Å²) >= 11 is 1.17. The molecule has 0 aromatic carbocycles. The van der Waals surface area contributed by atoms with Gasteiger partial charge in [-0.1, -0.05) is 11.8 Å². The first-order chi connectivity index (χ1) is 16.5. The summed E-state index contributed by atoms with van der Waals surface area (Å²) in [7, 11) is 0. The Morgan fingerprint density at radius 1 is 1.08 bits per heavy atom. The number of anilines is 1. The van der Waals surface area contributed by atoms with Crippen LogP contribution < -0.4 is 5.32 Å². The minimum absolute atomic E-state index is 0.0344.